The zero-order valence-corrected chi connectivity index (χ0v) is 11.3. The second-order valence-electron chi connectivity index (χ2n) is 3.58. The van der Waals surface area contributed by atoms with Gasteiger partial charge in [0.2, 0.25) is 0 Å². The minimum Gasteiger partial charge on any atom is -0.410 e. The van der Waals surface area contributed by atoms with Gasteiger partial charge in [0.05, 0.1) is 5.02 Å². The van der Waals surface area contributed by atoms with Crippen molar-refractivity contribution in [1.82, 2.24) is 0 Å². The van der Waals surface area contributed by atoms with Gasteiger partial charge >= 0.3 is 0 Å². The molecule has 5 heteroatoms. The predicted octanol–water partition coefficient (Wildman–Crippen LogP) is 4.87. The lowest BCUT2D eigenvalue weighted by molar-refractivity contribution is 0.319. The summed E-state index contributed by atoms with van der Waals surface area (Å²) in [6.45, 7) is 0. The summed E-state index contributed by atoms with van der Waals surface area (Å²) in [4.78, 5) is 0. The number of rotatable bonds is 2. The molecule has 2 rings (SSSR count). The van der Waals surface area contributed by atoms with Crippen molar-refractivity contribution in [3.8, 4) is 0 Å². The Morgan fingerprint density at radius 1 is 0.889 bits per heavy atom. The number of hydrogen-bond donors (Lipinski definition) is 1. The van der Waals surface area contributed by atoms with E-state index in [1.807, 2.05) is 0 Å². The van der Waals surface area contributed by atoms with Crippen LogP contribution in [0.4, 0.5) is 0 Å². The molecular weight excluding hydrogens is 293 g/mol. The van der Waals surface area contributed by atoms with E-state index in [1.54, 1.807) is 42.5 Å². The van der Waals surface area contributed by atoms with Crippen LogP contribution >= 0.6 is 34.8 Å². The normalized spacial score (nSPS) is 11.6. The maximum atomic E-state index is 9.16. The average Bonchev–Trinajstić information content (AvgIpc) is 2.35. The molecule has 18 heavy (non-hydrogen) atoms. The molecule has 0 aromatic heterocycles. The zero-order chi connectivity index (χ0) is 13.1. The molecule has 0 radical (unpaired) electrons. The lowest BCUT2D eigenvalue weighted by atomic mass is 10.0. The van der Waals surface area contributed by atoms with Crippen molar-refractivity contribution in [2.45, 2.75) is 0 Å². The van der Waals surface area contributed by atoms with E-state index in [1.165, 1.54) is 0 Å². The van der Waals surface area contributed by atoms with Crippen molar-refractivity contribution in [2.75, 3.05) is 0 Å². The van der Waals surface area contributed by atoms with E-state index in [4.69, 9.17) is 40.0 Å². The molecule has 0 unspecified atom stereocenters. The van der Waals surface area contributed by atoms with Crippen molar-refractivity contribution in [1.29, 1.82) is 0 Å². The van der Waals surface area contributed by atoms with Gasteiger partial charge in [-0.05, 0) is 30.3 Å². The van der Waals surface area contributed by atoms with Crippen LogP contribution in [0.25, 0.3) is 0 Å². The van der Waals surface area contributed by atoms with Gasteiger partial charge in [-0.1, -0.05) is 52.1 Å². The summed E-state index contributed by atoms with van der Waals surface area (Å²) in [5.41, 5.74) is 1.69. The van der Waals surface area contributed by atoms with Gasteiger partial charge in [0, 0.05) is 21.2 Å². The Hall–Kier alpha value is -1.22. The first-order valence-corrected chi connectivity index (χ1v) is 6.18. The van der Waals surface area contributed by atoms with E-state index in [0.29, 0.717) is 31.9 Å². The van der Waals surface area contributed by atoms with Gasteiger partial charge in [-0.25, -0.2) is 0 Å². The molecule has 2 aromatic carbocycles. The third-order valence-electron chi connectivity index (χ3n) is 2.40. The molecule has 0 spiro atoms. The molecule has 0 saturated carbocycles. The van der Waals surface area contributed by atoms with Gasteiger partial charge < -0.3 is 5.21 Å². The highest BCUT2D eigenvalue weighted by molar-refractivity contribution is 6.38. The lowest BCUT2D eigenvalue weighted by Crippen LogP contribution is -2.04. The highest BCUT2D eigenvalue weighted by Crippen LogP contribution is 2.24. The summed E-state index contributed by atoms with van der Waals surface area (Å²) in [5.74, 6) is 0. The lowest BCUT2D eigenvalue weighted by Gasteiger charge is -2.07. The molecule has 0 fully saturated rings. The van der Waals surface area contributed by atoms with E-state index in [0.717, 1.165) is 0 Å². The smallest absolute Gasteiger partial charge is 0.118 e. The van der Waals surface area contributed by atoms with Crippen LogP contribution < -0.4 is 0 Å². The van der Waals surface area contributed by atoms with Crippen LogP contribution in [0.15, 0.2) is 47.6 Å². The number of oxime groups is 1. The Morgan fingerprint density at radius 3 is 2.06 bits per heavy atom. The summed E-state index contributed by atoms with van der Waals surface area (Å²) < 4.78 is 0. The SMILES string of the molecule is ON=C(c1ccc(Cl)cc1)c1ccc(Cl)cc1Cl. The van der Waals surface area contributed by atoms with Crippen LogP contribution in [0.2, 0.25) is 15.1 Å². The van der Waals surface area contributed by atoms with Gasteiger partial charge in [-0.3, -0.25) is 0 Å². The van der Waals surface area contributed by atoms with Crippen molar-refractivity contribution in [2.24, 2.45) is 5.16 Å². The van der Waals surface area contributed by atoms with E-state index < -0.39 is 0 Å². The molecule has 92 valence electrons. The first-order valence-electron chi connectivity index (χ1n) is 5.05. The highest BCUT2D eigenvalue weighted by Gasteiger charge is 2.12. The number of halogens is 3. The fraction of sp³-hybridized carbons (Fsp3) is 0. The molecule has 0 heterocycles. The van der Waals surface area contributed by atoms with E-state index >= 15 is 0 Å². The Balaban J connectivity index is 2.49. The minimum absolute atomic E-state index is 0.369. The molecule has 0 aliphatic rings. The van der Waals surface area contributed by atoms with Gasteiger partial charge in [0.1, 0.15) is 5.71 Å². The molecule has 0 aliphatic carbocycles. The van der Waals surface area contributed by atoms with Crippen molar-refractivity contribution in [3.05, 3.63) is 68.7 Å². The van der Waals surface area contributed by atoms with Crippen LogP contribution in [-0.2, 0) is 0 Å². The van der Waals surface area contributed by atoms with Crippen molar-refractivity contribution in [3.63, 3.8) is 0 Å². The van der Waals surface area contributed by atoms with Gasteiger partial charge in [-0.2, -0.15) is 0 Å². The Kier molecular flexibility index (Phi) is 4.12. The molecule has 0 bridgehead atoms. The fourth-order valence-corrected chi connectivity index (χ4v) is 2.18. The zero-order valence-electron chi connectivity index (χ0n) is 9.07. The quantitative estimate of drug-likeness (QED) is 0.479. The second kappa shape index (κ2) is 5.61. The first-order chi connectivity index (χ1) is 8.61. The predicted molar refractivity (Wildman–Crippen MR) is 75.3 cm³/mol. The largest absolute Gasteiger partial charge is 0.410 e. The summed E-state index contributed by atoms with van der Waals surface area (Å²) in [6, 6.07) is 11.9. The van der Waals surface area contributed by atoms with Crippen LogP contribution in [-0.4, -0.2) is 10.9 Å². The molecule has 2 aromatic rings. The standard InChI is InChI=1S/C13H8Cl3NO/c14-9-3-1-8(2-4-9)13(17-18)11-6-5-10(15)7-12(11)16/h1-7,18H. The average molecular weight is 301 g/mol. The molecule has 0 aliphatic heterocycles. The third kappa shape index (κ3) is 2.78. The number of benzene rings is 2. The van der Waals surface area contributed by atoms with Crippen LogP contribution in [0.1, 0.15) is 11.1 Å². The van der Waals surface area contributed by atoms with Crippen molar-refractivity contribution < 1.29 is 5.21 Å². The maximum absolute atomic E-state index is 9.16. The van der Waals surface area contributed by atoms with E-state index in [9.17, 15) is 0 Å². The molecule has 0 atom stereocenters. The highest BCUT2D eigenvalue weighted by atomic mass is 35.5. The van der Waals surface area contributed by atoms with Gasteiger partial charge in [0.15, 0.2) is 0 Å². The summed E-state index contributed by atoms with van der Waals surface area (Å²) in [5, 5.41) is 14.0. The third-order valence-corrected chi connectivity index (χ3v) is 3.20. The Labute approximate surface area is 119 Å². The molecule has 1 N–H and O–H groups in total. The number of nitrogens with zero attached hydrogens (tertiary/aromatic N) is 1. The monoisotopic (exact) mass is 299 g/mol. The molecule has 2 nitrogen and oxygen atoms in total. The summed E-state index contributed by atoms with van der Waals surface area (Å²) in [6.07, 6.45) is 0. The second-order valence-corrected chi connectivity index (χ2v) is 4.86. The van der Waals surface area contributed by atoms with Crippen LogP contribution in [0.5, 0.6) is 0 Å². The van der Waals surface area contributed by atoms with Crippen molar-refractivity contribution >= 4 is 40.5 Å². The molecular formula is C13H8Cl3NO. The van der Waals surface area contributed by atoms with E-state index in [2.05, 4.69) is 5.16 Å². The van der Waals surface area contributed by atoms with Gasteiger partial charge in [0.25, 0.3) is 0 Å². The van der Waals surface area contributed by atoms with Crippen LogP contribution in [0.3, 0.4) is 0 Å². The van der Waals surface area contributed by atoms with Crippen LogP contribution in [0, 0.1) is 0 Å². The Bertz CT molecular complexity index is 594. The maximum Gasteiger partial charge on any atom is 0.118 e. The summed E-state index contributed by atoms with van der Waals surface area (Å²) in [7, 11) is 0. The fourth-order valence-electron chi connectivity index (χ4n) is 1.56. The Morgan fingerprint density at radius 2 is 1.50 bits per heavy atom. The molecule has 0 saturated heterocycles. The minimum atomic E-state index is 0.369. The topological polar surface area (TPSA) is 32.6 Å². The van der Waals surface area contributed by atoms with Gasteiger partial charge in [-0.15, -0.1) is 0 Å². The summed E-state index contributed by atoms with van der Waals surface area (Å²) >= 11 is 17.7. The first kappa shape index (κ1) is 13.2. The molecule has 0 amide bonds. The van der Waals surface area contributed by atoms with E-state index in [-0.39, 0.29) is 0 Å². The number of hydrogen-bond acceptors (Lipinski definition) is 2.